The van der Waals surface area contributed by atoms with Crippen molar-refractivity contribution in [3.8, 4) is 5.69 Å². The molecular formula is C14H10ClFN2S. The van der Waals surface area contributed by atoms with E-state index in [9.17, 15) is 4.39 Å². The minimum atomic E-state index is -0.299. The van der Waals surface area contributed by atoms with Crippen molar-refractivity contribution in [3.63, 3.8) is 0 Å². The maximum absolute atomic E-state index is 13.2. The molecule has 3 rings (SSSR count). The lowest BCUT2D eigenvalue weighted by Crippen LogP contribution is -1.98. The lowest BCUT2D eigenvalue weighted by atomic mass is 10.2. The maximum atomic E-state index is 13.2. The molecule has 96 valence electrons. The monoisotopic (exact) mass is 292 g/mol. The molecule has 0 amide bonds. The zero-order valence-electron chi connectivity index (χ0n) is 10.1. The van der Waals surface area contributed by atoms with Crippen LogP contribution in [0.4, 0.5) is 4.39 Å². The number of imidazole rings is 1. The topological polar surface area (TPSA) is 20.7 Å². The highest BCUT2D eigenvalue weighted by atomic mass is 35.5. The van der Waals surface area contributed by atoms with Gasteiger partial charge in [0.2, 0.25) is 0 Å². The summed E-state index contributed by atoms with van der Waals surface area (Å²) >= 11 is 11.6. The molecule has 1 aromatic heterocycles. The van der Waals surface area contributed by atoms with Crippen LogP contribution in [0.15, 0.2) is 36.4 Å². The summed E-state index contributed by atoms with van der Waals surface area (Å²) in [6.45, 7) is 1.96. The smallest absolute Gasteiger partial charge is 0.182 e. The normalized spacial score (nSPS) is 11.1. The van der Waals surface area contributed by atoms with Gasteiger partial charge in [0.15, 0.2) is 4.77 Å². The summed E-state index contributed by atoms with van der Waals surface area (Å²) in [6, 6.07) is 10.2. The number of aromatic amines is 1. The van der Waals surface area contributed by atoms with Crippen LogP contribution in [0.2, 0.25) is 5.02 Å². The molecule has 0 saturated carbocycles. The SMILES string of the molecule is Cc1cccc(Cl)c1-n1c(=S)[nH]c2cc(F)ccc21. The first-order valence-corrected chi connectivity index (χ1v) is 6.52. The maximum Gasteiger partial charge on any atom is 0.182 e. The molecule has 3 aromatic rings. The molecule has 0 fully saturated rings. The van der Waals surface area contributed by atoms with Crippen LogP contribution in [0.1, 0.15) is 5.56 Å². The average molecular weight is 293 g/mol. The van der Waals surface area contributed by atoms with Gasteiger partial charge >= 0.3 is 0 Å². The molecule has 0 spiro atoms. The van der Waals surface area contributed by atoms with Crippen molar-refractivity contribution >= 4 is 34.9 Å². The number of benzene rings is 2. The molecule has 0 aliphatic rings. The third kappa shape index (κ3) is 1.97. The van der Waals surface area contributed by atoms with E-state index in [1.54, 1.807) is 6.07 Å². The zero-order chi connectivity index (χ0) is 13.6. The fraction of sp³-hybridized carbons (Fsp3) is 0.0714. The highest BCUT2D eigenvalue weighted by Gasteiger charge is 2.12. The van der Waals surface area contributed by atoms with Gasteiger partial charge in [0.05, 0.1) is 21.7 Å². The number of hydrogen-bond acceptors (Lipinski definition) is 1. The highest BCUT2D eigenvalue weighted by Crippen LogP contribution is 2.28. The number of rotatable bonds is 1. The molecule has 2 nitrogen and oxygen atoms in total. The second-order valence-corrected chi connectivity index (χ2v) is 5.13. The standard InChI is InChI=1S/C14H10ClFN2S/c1-8-3-2-4-10(15)13(8)18-12-6-5-9(16)7-11(12)17-14(18)19/h2-7H,1H3,(H,17,19). The highest BCUT2D eigenvalue weighted by molar-refractivity contribution is 7.71. The van der Waals surface area contributed by atoms with Crippen molar-refractivity contribution in [2.45, 2.75) is 6.92 Å². The predicted molar refractivity (Wildman–Crippen MR) is 78.2 cm³/mol. The van der Waals surface area contributed by atoms with E-state index in [0.29, 0.717) is 15.3 Å². The summed E-state index contributed by atoms with van der Waals surface area (Å²) in [6.07, 6.45) is 0. The van der Waals surface area contributed by atoms with Crippen LogP contribution in [0.5, 0.6) is 0 Å². The van der Waals surface area contributed by atoms with Crippen LogP contribution >= 0.6 is 23.8 Å². The summed E-state index contributed by atoms with van der Waals surface area (Å²) in [4.78, 5) is 3.00. The van der Waals surface area contributed by atoms with Gasteiger partial charge in [-0.05, 0) is 49.0 Å². The van der Waals surface area contributed by atoms with E-state index in [-0.39, 0.29) is 5.82 Å². The number of aryl methyl sites for hydroxylation is 1. The van der Waals surface area contributed by atoms with E-state index in [0.717, 1.165) is 16.8 Å². The Morgan fingerprint density at radius 2 is 2.05 bits per heavy atom. The Morgan fingerprint density at radius 1 is 1.26 bits per heavy atom. The fourth-order valence-electron chi connectivity index (χ4n) is 2.21. The molecule has 0 aliphatic carbocycles. The largest absolute Gasteiger partial charge is 0.330 e. The van der Waals surface area contributed by atoms with Gasteiger partial charge in [0.25, 0.3) is 0 Å². The molecule has 1 N–H and O–H groups in total. The van der Waals surface area contributed by atoms with E-state index in [1.165, 1.54) is 12.1 Å². The van der Waals surface area contributed by atoms with Gasteiger partial charge in [-0.25, -0.2) is 4.39 Å². The van der Waals surface area contributed by atoms with Crippen molar-refractivity contribution in [2.75, 3.05) is 0 Å². The minimum absolute atomic E-state index is 0.299. The molecule has 1 heterocycles. The summed E-state index contributed by atoms with van der Waals surface area (Å²) in [5.41, 5.74) is 3.30. The van der Waals surface area contributed by atoms with Crippen LogP contribution < -0.4 is 0 Å². The van der Waals surface area contributed by atoms with E-state index < -0.39 is 0 Å². The molecule has 0 bridgehead atoms. The molecule has 0 aliphatic heterocycles. The Kier molecular flexibility index (Phi) is 2.92. The van der Waals surface area contributed by atoms with Gasteiger partial charge in [-0.2, -0.15) is 0 Å². The van der Waals surface area contributed by atoms with Crippen molar-refractivity contribution in [1.82, 2.24) is 9.55 Å². The second kappa shape index (κ2) is 4.47. The number of nitrogens with one attached hydrogen (secondary N) is 1. The molecule has 0 radical (unpaired) electrons. The van der Waals surface area contributed by atoms with Gasteiger partial charge in [-0.3, -0.25) is 4.57 Å². The van der Waals surface area contributed by atoms with Crippen LogP contribution in [0.3, 0.4) is 0 Å². The molecule has 0 atom stereocenters. The summed E-state index contributed by atoms with van der Waals surface area (Å²) in [5, 5.41) is 0.612. The van der Waals surface area contributed by atoms with Crippen molar-refractivity contribution < 1.29 is 4.39 Å². The number of aromatic nitrogens is 2. The molecule has 5 heteroatoms. The predicted octanol–water partition coefficient (Wildman–Crippen LogP) is 4.79. The third-order valence-electron chi connectivity index (χ3n) is 3.06. The van der Waals surface area contributed by atoms with E-state index >= 15 is 0 Å². The summed E-state index contributed by atoms with van der Waals surface area (Å²) < 4.78 is 15.6. The molecule has 19 heavy (non-hydrogen) atoms. The Hall–Kier alpha value is -1.65. The van der Waals surface area contributed by atoms with Crippen molar-refractivity contribution in [1.29, 1.82) is 0 Å². The first-order valence-electron chi connectivity index (χ1n) is 5.73. The van der Waals surface area contributed by atoms with Crippen LogP contribution in [0.25, 0.3) is 16.7 Å². The first-order chi connectivity index (χ1) is 9.08. The average Bonchev–Trinajstić information content (AvgIpc) is 2.65. The number of para-hydroxylation sites is 1. The summed E-state index contributed by atoms with van der Waals surface area (Å²) in [7, 11) is 0. The van der Waals surface area contributed by atoms with Crippen LogP contribution in [-0.2, 0) is 0 Å². The van der Waals surface area contributed by atoms with Gasteiger partial charge in [-0.1, -0.05) is 23.7 Å². The Bertz CT molecular complexity index is 815. The van der Waals surface area contributed by atoms with Crippen molar-refractivity contribution in [2.24, 2.45) is 0 Å². The number of hydrogen-bond donors (Lipinski definition) is 1. The zero-order valence-corrected chi connectivity index (χ0v) is 11.6. The Balaban J connectivity index is 2.43. The number of H-pyrrole nitrogens is 1. The number of fused-ring (bicyclic) bond motifs is 1. The minimum Gasteiger partial charge on any atom is -0.330 e. The van der Waals surface area contributed by atoms with Gasteiger partial charge < -0.3 is 4.98 Å². The summed E-state index contributed by atoms with van der Waals surface area (Å²) in [5.74, 6) is -0.299. The quantitative estimate of drug-likeness (QED) is 0.640. The Morgan fingerprint density at radius 3 is 2.79 bits per heavy atom. The molecule has 2 aromatic carbocycles. The van der Waals surface area contributed by atoms with Gasteiger partial charge in [0.1, 0.15) is 5.82 Å². The molecule has 0 saturated heterocycles. The lowest BCUT2D eigenvalue weighted by molar-refractivity contribution is 0.629. The van der Waals surface area contributed by atoms with E-state index in [4.69, 9.17) is 23.8 Å². The fourth-order valence-corrected chi connectivity index (χ4v) is 2.82. The van der Waals surface area contributed by atoms with Crippen LogP contribution in [0, 0.1) is 17.5 Å². The molecular weight excluding hydrogens is 283 g/mol. The second-order valence-electron chi connectivity index (χ2n) is 4.33. The van der Waals surface area contributed by atoms with E-state index in [1.807, 2.05) is 29.7 Å². The van der Waals surface area contributed by atoms with Crippen molar-refractivity contribution in [3.05, 3.63) is 57.6 Å². The Labute approximate surface area is 119 Å². The number of nitrogens with zero attached hydrogens (tertiary/aromatic N) is 1. The lowest BCUT2D eigenvalue weighted by Gasteiger charge is -2.10. The number of halogens is 2. The molecule has 0 unspecified atom stereocenters. The van der Waals surface area contributed by atoms with Gasteiger partial charge in [-0.15, -0.1) is 0 Å². The van der Waals surface area contributed by atoms with E-state index in [2.05, 4.69) is 4.98 Å². The first kappa shape index (κ1) is 12.4. The van der Waals surface area contributed by atoms with Gasteiger partial charge in [0, 0.05) is 0 Å². The van der Waals surface area contributed by atoms with Crippen LogP contribution in [-0.4, -0.2) is 9.55 Å². The third-order valence-corrected chi connectivity index (χ3v) is 3.65.